The Hall–Kier alpha value is -2.40. The molecule has 0 unspecified atom stereocenters. The minimum Gasteiger partial charge on any atom is -0.480 e. The molecular formula is C16H19N3O2. The van der Waals surface area contributed by atoms with E-state index in [-0.39, 0.29) is 5.91 Å². The van der Waals surface area contributed by atoms with Crippen molar-refractivity contribution in [3.63, 3.8) is 0 Å². The van der Waals surface area contributed by atoms with Gasteiger partial charge in [-0.2, -0.15) is 0 Å². The van der Waals surface area contributed by atoms with Crippen LogP contribution in [0.5, 0.6) is 5.88 Å². The number of nitrogens with two attached hydrogens (primary N) is 1. The van der Waals surface area contributed by atoms with Crippen molar-refractivity contribution >= 4 is 5.91 Å². The molecule has 5 heteroatoms. The zero-order valence-electron chi connectivity index (χ0n) is 12.2. The van der Waals surface area contributed by atoms with E-state index in [1.54, 1.807) is 30.3 Å². The van der Waals surface area contributed by atoms with E-state index in [0.717, 1.165) is 11.1 Å². The smallest absolute Gasteiger partial charge is 0.259 e. The fourth-order valence-electron chi connectivity index (χ4n) is 2.12. The molecule has 1 aromatic carbocycles. The Bertz CT molecular complexity index is 628. The molecular weight excluding hydrogens is 266 g/mol. The topological polar surface area (TPSA) is 68.5 Å². The van der Waals surface area contributed by atoms with Gasteiger partial charge in [0.15, 0.2) is 0 Å². The summed E-state index contributed by atoms with van der Waals surface area (Å²) in [6, 6.07) is 11.3. The van der Waals surface area contributed by atoms with E-state index in [2.05, 4.69) is 4.98 Å². The Labute approximate surface area is 124 Å². The van der Waals surface area contributed by atoms with Crippen LogP contribution in [0.3, 0.4) is 0 Å². The van der Waals surface area contributed by atoms with Gasteiger partial charge in [0.05, 0.1) is 7.11 Å². The van der Waals surface area contributed by atoms with Crippen molar-refractivity contribution in [3.05, 3.63) is 59.3 Å². The molecule has 1 amide bonds. The maximum atomic E-state index is 12.5. The number of pyridine rings is 1. The number of aromatic nitrogens is 1. The van der Waals surface area contributed by atoms with E-state index in [4.69, 9.17) is 10.5 Å². The zero-order valence-corrected chi connectivity index (χ0v) is 12.2. The molecule has 5 nitrogen and oxygen atoms in total. The minimum atomic E-state index is -0.127. The van der Waals surface area contributed by atoms with Crippen molar-refractivity contribution in [1.82, 2.24) is 9.88 Å². The number of rotatable bonds is 5. The summed E-state index contributed by atoms with van der Waals surface area (Å²) < 4.78 is 5.13. The molecule has 0 atom stereocenters. The highest BCUT2D eigenvalue weighted by molar-refractivity contribution is 5.96. The van der Waals surface area contributed by atoms with Crippen LogP contribution in [0.1, 0.15) is 21.5 Å². The molecule has 1 aromatic heterocycles. The molecule has 0 fully saturated rings. The number of carbonyl (C=O) groups excluding carboxylic acids is 1. The average Bonchev–Trinajstić information content (AvgIpc) is 2.54. The number of ether oxygens (including phenoxy) is 1. The molecule has 0 spiro atoms. The molecule has 0 bridgehead atoms. The Kier molecular flexibility index (Phi) is 4.90. The van der Waals surface area contributed by atoms with Crippen LogP contribution in [-0.4, -0.2) is 29.9 Å². The van der Waals surface area contributed by atoms with Gasteiger partial charge in [-0.25, -0.2) is 4.98 Å². The van der Waals surface area contributed by atoms with Gasteiger partial charge in [0, 0.05) is 26.3 Å². The lowest BCUT2D eigenvalue weighted by atomic mass is 10.1. The van der Waals surface area contributed by atoms with Crippen LogP contribution >= 0.6 is 0 Å². The maximum Gasteiger partial charge on any atom is 0.259 e. The van der Waals surface area contributed by atoms with Gasteiger partial charge in [-0.15, -0.1) is 0 Å². The van der Waals surface area contributed by atoms with E-state index in [9.17, 15) is 4.79 Å². The molecule has 0 aliphatic heterocycles. The van der Waals surface area contributed by atoms with Gasteiger partial charge >= 0.3 is 0 Å². The zero-order chi connectivity index (χ0) is 15.2. The normalized spacial score (nSPS) is 10.2. The first-order chi connectivity index (χ1) is 10.2. The summed E-state index contributed by atoms with van der Waals surface area (Å²) in [5, 5.41) is 0. The lowest BCUT2D eigenvalue weighted by molar-refractivity contribution is 0.0781. The fourth-order valence-corrected chi connectivity index (χ4v) is 2.12. The van der Waals surface area contributed by atoms with E-state index >= 15 is 0 Å². The molecule has 110 valence electrons. The van der Waals surface area contributed by atoms with E-state index < -0.39 is 0 Å². The first-order valence-electron chi connectivity index (χ1n) is 6.68. The third-order valence-corrected chi connectivity index (χ3v) is 3.19. The summed E-state index contributed by atoms with van der Waals surface area (Å²) in [6.07, 6.45) is 1.60. The SMILES string of the molecule is COc1ncccc1C(=O)N(C)Cc1cccc(CN)c1. The van der Waals surface area contributed by atoms with Crippen molar-refractivity contribution in [1.29, 1.82) is 0 Å². The van der Waals surface area contributed by atoms with E-state index in [0.29, 0.717) is 24.5 Å². The lowest BCUT2D eigenvalue weighted by Crippen LogP contribution is -2.26. The number of hydrogen-bond acceptors (Lipinski definition) is 4. The van der Waals surface area contributed by atoms with E-state index in [1.807, 2.05) is 24.3 Å². The summed E-state index contributed by atoms with van der Waals surface area (Å²) in [4.78, 5) is 18.1. The lowest BCUT2D eigenvalue weighted by Gasteiger charge is -2.18. The molecule has 0 aliphatic rings. The second-order valence-corrected chi connectivity index (χ2v) is 4.75. The number of benzene rings is 1. The minimum absolute atomic E-state index is 0.127. The highest BCUT2D eigenvalue weighted by Crippen LogP contribution is 2.17. The summed E-state index contributed by atoms with van der Waals surface area (Å²) in [5.74, 6) is 0.211. The third-order valence-electron chi connectivity index (χ3n) is 3.19. The highest BCUT2D eigenvalue weighted by atomic mass is 16.5. The number of nitrogens with zero attached hydrogens (tertiary/aromatic N) is 2. The van der Waals surface area contributed by atoms with Gasteiger partial charge < -0.3 is 15.4 Å². The second kappa shape index (κ2) is 6.85. The van der Waals surface area contributed by atoms with Gasteiger partial charge in [-0.1, -0.05) is 24.3 Å². The Morgan fingerprint density at radius 1 is 1.29 bits per heavy atom. The Morgan fingerprint density at radius 2 is 2.05 bits per heavy atom. The van der Waals surface area contributed by atoms with Gasteiger partial charge in [-0.3, -0.25) is 4.79 Å². The average molecular weight is 285 g/mol. The molecule has 2 aromatic rings. The Morgan fingerprint density at radius 3 is 2.76 bits per heavy atom. The van der Waals surface area contributed by atoms with Crippen LogP contribution in [0.25, 0.3) is 0 Å². The second-order valence-electron chi connectivity index (χ2n) is 4.75. The molecule has 2 N–H and O–H groups in total. The van der Waals surface area contributed by atoms with E-state index in [1.165, 1.54) is 7.11 Å². The number of amides is 1. The highest BCUT2D eigenvalue weighted by Gasteiger charge is 2.17. The van der Waals surface area contributed by atoms with Gasteiger partial charge in [-0.05, 0) is 23.3 Å². The molecule has 0 saturated heterocycles. The molecule has 2 rings (SSSR count). The van der Waals surface area contributed by atoms with Crippen LogP contribution in [0.15, 0.2) is 42.6 Å². The van der Waals surface area contributed by atoms with Crippen molar-refractivity contribution in [2.75, 3.05) is 14.2 Å². The largest absolute Gasteiger partial charge is 0.480 e. The first-order valence-corrected chi connectivity index (χ1v) is 6.68. The van der Waals surface area contributed by atoms with Crippen LogP contribution in [0.4, 0.5) is 0 Å². The van der Waals surface area contributed by atoms with Gasteiger partial charge in [0.1, 0.15) is 5.56 Å². The standard InChI is InChI=1S/C16H19N3O2/c1-19(11-13-6-3-5-12(9-13)10-17)16(20)14-7-4-8-18-15(14)21-2/h3-9H,10-11,17H2,1-2H3. The molecule has 0 saturated carbocycles. The summed E-state index contributed by atoms with van der Waals surface area (Å²) in [7, 11) is 3.26. The fraction of sp³-hybridized carbons (Fsp3) is 0.250. The first kappa shape index (κ1) is 15.0. The monoisotopic (exact) mass is 285 g/mol. The van der Waals surface area contributed by atoms with Crippen molar-refractivity contribution in [2.45, 2.75) is 13.1 Å². The van der Waals surface area contributed by atoms with Crippen LogP contribution in [0, 0.1) is 0 Å². The molecule has 21 heavy (non-hydrogen) atoms. The van der Waals surface area contributed by atoms with Crippen molar-refractivity contribution in [3.8, 4) is 5.88 Å². The number of carbonyl (C=O) groups is 1. The van der Waals surface area contributed by atoms with Crippen LogP contribution < -0.4 is 10.5 Å². The maximum absolute atomic E-state index is 12.5. The summed E-state index contributed by atoms with van der Waals surface area (Å²) in [6.45, 7) is 0.993. The van der Waals surface area contributed by atoms with Gasteiger partial charge in [0.2, 0.25) is 5.88 Å². The summed E-state index contributed by atoms with van der Waals surface area (Å²) >= 11 is 0. The van der Waals surface area contributed by atoms with Crippen molar-refractivity contribution in [2.24, 2.45) is 5.73 Å². The predicted molar refractivity (Wildman–Crippen MR) is 80.9 cm³/mol. The molecule has 1 heterocycles. The Balaban J connectivity index is 2.15. The van der Waals surface area contributed by atoms with Crippen LogP contribution in [0.2, 0.25) is 0 Å². The number of methoxy groups -OCH3 is 1. The predicted octanol–water partition coefficient (Wildman–Crippen LogP) is 1.82. The van der Waals surface area contributed by atoms with Crippen molar-refractivity contribution < 1.29 is 9.53 Å². The third kappa shape index (κ3) is 3.58. The number of hydrogen-bond donors (Lipinski definition) is 1. The van der Waals surface area contributed by atoms with Gasteiger partial charge in [0.25, 0.3) is 5.91 Å². The molecule has 0 radical (unpaired) electrons. The quantitative estimate of drug-likeness (QED) is 0.910. The molecule has 0 aliphatic carbocycles. The van der Waals surface area contributed by atoms with Crippen LogP contribution in [-0.2, 0) is 13.1 Å². The summed E-state index contributed by atoms with van der Waals surface area (Å²) in [5.41, 5.74) is 8.18.